The van der Waals surface area contributed by atoms with Crippen molar-refractivity contribution in [1.82, 2.24) is 5.32 Å². The van der Waals surface area contributed by atoms with Crippen molar-refractivity contribution in [1.29, 1.82) is 0 Å². The van der Waals surface area contributed by atoms with Crippen molar-refractivity contribution >= 4 is 11.6 Å². The minimum Gasteiger partial charge on any atom is -0.508 e. The van der Waals surface area contributed by atoms with Gasteiger partial charge in [0, 0.05) is 25.7 Å². The van der Waals surface area contributed by atoms with Crippen LogP contribution in [0.3, 0.4) is 0 Å². The molecule has 0 saturated carbocycles. The van der Waals surface area contributed by atoms with Crippen LogP contribution in [0.25, 0.3) is 0 Å². The molecule has 15 heavy (non-hydrogen) atoms. The number of phenols is 1. The first-order valence-corrected chi connectivity index (χ1v) is 4.96. The van der Waals surface area contributed by atoms with Crippen LogP contribution in [-0.4, -0.2) is 30.1 Å². The number of phenolic OH excluding ortho intramolecular Hbond substituents is 1. The van der Waals surface area contributed by atoms with Crippen LogP contribution in [0.5, 0.6) is 5.75 Å². The smallest absolute Gasteiger partial charge is 0.217 e. The van der Waals surface area contributed by atoms with Crippen LogP contribution >= 0.6 is 0 Å². The Bertz CT molecular complexity index is 355. The molecule has 80 valence electrons. The average molecular weight is 206 g/mol. The van der Waals surface area contributed by atoms with E-state index in [9.17, 15) is 4.79 Å². The van der Waals surface area contributed by atoms with Gasteiger partial charge in [0.1, 0.15) is 5.75 Å². The maximum absolute atomic E-state index is 10.8. The monoisotopic (exact) mass is 206 g/mol. The summed E-state index contributed by atoms with van der Waals surface area (Å²) in [6.07, 6.45) is 0. The van der Waals surface area contributed by atoms with Crippen molar-refractivity contribution < 1.29 is 9.90 Å². The van der Waals surface area contributed by atoms with E-state index in [4.69, 9.17) is 5.11 Å². The number of aromatic hydroxyl groups is 1. The standard InChI is InChI=1S/C11H14N2O2/c1-8(14)12-9-6-13(7-9)10-2-4-11(15)5-3-10/h2-5,9,15H,6-7H2,1H3,(H,12,14). The number of nitrogens with zero attached hydrogens (tertiary/aromatic N) is 1. The van der Waals surface area contributed by atoms with Gasteiger partial charge in [-0.1, -0.05) is 0 Å². The fourth-order valence-corrected chi connectivity index (χ4v) is 1.73. The van der Waals surface area contributed by atoms with Crippen LogP contribution in [0.2, 0.25) is 0 Å². The number of benzene rings is 1. The molecule has 2 N–H and O–H groups in total. The average Bonchev–Trinajstić information content (AvgIpc) is 2.12. The van der Waals surface area contributed by atoms with Gasteiger partial charge in [0.2, 0.25) is 5.91 Å². The molecule has 0 unspecified atom stereocenters. The number of rotatable bonds is 2. The summed E-state index contributed by atoms with van der Waals surface area (Å²) in [4.78, 5) is 12.9. The zero-order chi connectivity index (χ0) is 10.8. The lowest BCUT2D eigenvalue weighted by Gasteiger charge is -2.41. The predicted molar refractivity (Wildman–Crippen MR) is 57.9 cm³/mol. The van der Waals surface area contributed by atoms with E-state index in [1.54, 1.807) is 12.1 Å². The summed E-state index contributed by atoms with van der Waals surface area (Å²) in [6, 6.07) is 7.34. The van der Waals surface area contributed by atoms with Gasteiger partial charge in [-0.15, -0.1) is 0 Å². The van der Waals surface area contributed by atoms with Gasteiger partial charge < -0.3 is 15.3 Å². The third-order valence-corrected chi connectivity index (χ3v) is 2.50. The lowest BCUT2D eigenvalue weighted by molar-refractivity contribution is -0.119. The molecule has 0 bridgehead atoms. The second-order valence-electron chi connectivity index (χ2n) is 3.82. The molecule has 1 amide bonds. The van der Waals surface area contributed by atoms with Gasteiger partial charge in [0.15, 0.2) is 0 Å². The second kappa shape index (κ2) is 3.81. The van der Waals surface area contributed by atoms with Crippen molar-refractivity contribution in [3.63, 3.8) is 0 Å². The van der Waals surface area contributed by atoms with E-state index in [-0.39, 0.29) is 17.7 Å². The summed E-state index contributed by atoms with van der Waals surface area (Å²) < 4.78 is 0. The number of hydrogen-bond donors (Lipinski definition) is 2. The summed E-state index contributed by atoms with van der Waals surface area (Å²) in [5, 5.41) is 12.0. The van der Waals surface area contributed by atoms with Gasteiger partial charge in [-0.3, -0.25) is 4.79 Å². The molecule has 1 fully saturated rings. The minimum absolute atomic E-state index is 0.0188. The molecule has 4 heteroatoms. The Labute approximate surface area is 88.5 Å². The van der Waals surface area contributed by atoms with Crippen LogP contribution in [0.1, 0.15) is 6.92 Å². The van der Waals surface area contributed by atoms with Gasteiger partial charge in [-0.2, -0.15) is 0 Å². The third kappa shape index (κ3) is 2.21. The summed E-state index contributed by atoms with van der Waals surface area (Å²) in [5.74, 6) is 0.294. The molecule has 1 heterocycles. The normalized spacial score (nSPS) is 15.9. The van der Waals surface area contributed by atoms with Crippen LogP contribution in [0, 0.1) is 0 Å². The lowest BCUT2D eigenvalue weighted by atomic mass is 10.1. The molecule has 1 aromatic rings. The van der Waals surface area contributed by atoms with Crippen LogP contribution < -0.4 is 10.2 Å². The Balaban J connectivity index is 1.89. The Kier molecular flexibility index (Phi) is 2.49. The highest BCUT2D eigenvalue weighted by molar-refractivity contribution is 5.73. The predicted octanol–water partition coefficient (Wildman–Crippen LogP) is 0.717. The van der Waals surface area contributed by atoms with Crippen LogP contribution in [-0.2, 0) is 4.79 Å². The maximum atomic E-state index is 10.8. The van der Waals surface area contributed by atoms with E-state index in [1.165, 1.54) is 6.92 Å². The second-order valence-corrected chi connectivity index (χ2v) is 3.82. The molecule has 0 atom stereocenters. The van der Waals surface area contributed by atoms with Gasteiger partial charge >= 0.3 is 0 Å². The fraction of sp³-hybridized carbons (Fsp3) is 0.364. The first kappa shape index (κ1) is 9.83. The van der Waals surface area contributed by atoms with Crippen molar-refractivity contribution in [3.8, 4) is 5.75 Å². The topological polar surface area (TPSA) is 52.6 Å². The number of amides is 1. The summed E-state index contributed by atoms with van der Waals surface area (Å²) >= 11 is 0. The van der Waals surface area contributed by atoms with E-state index in [1.807, 2.05) is 12.1 Å². The molecule has 1 aliphatic heterocycles. The minimum atomic E-state index is 0.0188. The number of anilines is 1. The molecule has 0 aromatic heterocycles. The van der Waals surface area contributed by atoms with E-state index in [0.29, 0.717) is 0 Å². The highest BCUT2D eigenvalue weighted by Gasteiger charge is 2.27. The Morgan fingerprint density at radius 2 is 2.00 bits per heavy atom. The van der Waals surface area contributed by atoms with Crippen molar-refractivity contribution in [2.75, 3.05) is 18.0 Å². The SMILES string of the molecule is CC(=O)NC1CN(c2ccc(O)cc2)C1. The summed E-state index contributed by atoms with van der Waals surface area (Å²) in [6.45, 7) is 3.21. The number of carbonyl (C=O) groups excluding carboxylic acids is 1. The van der Waals surface area contributed by atoms with Crippen LogP contribution in [0.15, 0.2) is 24.3 Å². The molecule has 1 aliphatic rings. The summed E-state index contributed by atoms with van der Waals surface area (Å²) in [7, 11) is 0. The molecule has 1 saturated heterocycles. The maximum Gasteiger partial charge on any atom is 0.217 e. The lowest BCUT2D eigenvalue weighted by Crippen LogP contribution is -2.59. The molecule has 4 nitrogen and oxygen atoms in total. The molecule has 0 aliphatic carbocycles. The van der Waals surface area contributed by atoms with Crippen LogP contribution in [0.4, 0.5) is 5.69 Å². The Hall–Kier alpha value is -1.71. The fourth-order valence-electron chi connectivity index (χ4n) is 1.73. The quantitative estimate of drug-likeness (QED) is 0.749. The number of hydrogen-bond acceptors (Lipinski definition) is 3. The largest absolute Gasteiger partial charge is 0.508 e. The van der Waals surface area contributed by atoms with E-state index >= 15 is 0 Å². The highest BCUT2D eigenvalue weighted by Crippen LogP contribution is 2.22. The molecular formula is C11H14N2O2. The third-order valence-electron chi connectivity index (χ3n) is 2.50. The summed E-state index contributed by atoms with van der Waals surface area (Å²) in [5.41, 5.74) is 1.08. The zero-order valence-corrected chi connectivity index (χ0v) is 8.60. The number of carbonyl (C=O) groups is 1. The Morgan fingerprint density at radius 1 is 1.40 bits per heavy atom. The molecule has 2 rings (SSSR count). The molecular weight excluding hydrogens is 192 g/mol. The van der Waals surface area contributed by atoms with Crippen molar-refractivity contribution in [2.24, 2.45) is 0 Å². The molecule has 0 radical (unpaired) electrons. The van der Waals surface area contributed by atoms with Gasteiger partial charge in [0.05, 0.1) is 6.04 Å². The van der Waals surface area contributed by atoms with E-state index in [2.05, 4.69) is 10.2 Å². The van der Waals surface area contributed by atoms with Crippen molar-refractivity contribution in [2.45, 2.75) is 13.0 Å². The van der Waals surface area contributed by atoms with Gasteiger partial charge in [-0.25, -0.2) is 0 Å². The molecule has 0 spiro atoms. The van der Waals surface area contributed by atoms with E-state index < -0.39 is 0 Å². The van der Waals surface area contributed by atoms with Gasteiger partial charge in [-0.05, 0) is 24.3 Å². The first-order valence-electron chi connectivity index (χ1n) is 4.96. The number of nitrogens with one attached hydrogen (secondary N) is 1. The molecule has 1 aromatic carbocycles. The first-order chi connectivity index (χ1) is 7.15. The Morgan fingerprint density at radius 3 is 2.53 bits per heavy atom. The van der Waals surface area contributed by atoms with Crippen molar-refractivity contribution in [3.05, 3.63) is 24.3 Å². The van der Waals surface area contributed by atoms with E-state index in [0.717, 1.165) is 18.8 Å². The highest BCUT2D eigenvalue weighted by atomic mass is 16.3. The van der Waals surface area contributed by atoms with Gasteiger partial charge in [0.25, 0.3) is 0 Å². The zero-order valence-electron chi connectivity index (χ0n) is 8.60.